The molecule has 0 bridgehead atoms. The van der Waals surface area contributed by atoms with E-state index in [0.29, 0.717) is 0 Å². The molecular formula is C13H25BrO. The monoisotopic (exact) mass is 276 g/mol. The van der Waals surface area contributed by atoms with Gasteiger partial charge in [0.1, 0.15) is 0 Å². The average molecular weight is 277 g/mol. The lowest BCUT2D eigenvalue weighted by Crippen LogP contribution is -2.23. The van der Waals surface area contributed by atoms with Crippen LogP contribution < -0.4 is 0 Å². The highest BCUT2D eigenvalue weighted by atomic mass is 79.9. The Kier molecular flexibility index (Phi) is 5.62. The molecule has 0 saturated heterocycles. The van der Waals surface area contributed by atoms with Crippen molar-refractivity contribution < 1.29 is 4.74 Å². The second kappa shape index (κ2) is 6.24. The zero-order valence-electron chi connectivity index (χ0n) is 10.4. The van der Waals surface area contributed by atoms with E-state index in [9.17, 15) is 0 Å². The standard InChI is InChI=1S/C13H25BrO/c1-13(2,3)15-9-8-12(10-14)11-6-4-5-7-11/h11-12H,4-10H2,1-3H3. The third-order valence-corrected chi connectivity index (χ3v) is 4.12. The maximum absolute atomic E-state index is 5.80. The summed E-state index contributed by atoms with van der Waals surface area (Å²) in [5.41, 5.74) is 0.0204. The summed E-state index contributed by atoms with van der Waals surface area (Å²) in [6, 6.07) is 0. The summed E-state index contributed by atoms with van der Waals surface area (Å²) in [4.78, 5) is 0. The number of alkyl halides is 1. The van der Waals surface area contributed by atoms with Crippen LogP contribution in [0.2, 0.25) is 0 Å². The first-order valence-corrected chi connectivity index (χ1v) is 7.35. The molecule has 90 valence electrons. The molecule has 0 N–H and O–H groups in total. The number of ether oxygens (including phenoxy) is 1. The van der Waals surface area contributed by atoms with Crippen LogP contribution in [0.1, 0.15) is 52.9 Å². The fraction of sp³-hybridized carbons (Fsp3) is 1.00. The maximum Gasteiger partial charge on any atom is 0.0598 e. The molecule has 1 atom stereocenters. The van der Waals surface area contributed by atoms with E-state index in [1.165, 1.54) is 32.1 Å². The molecule has 0 aromatic rings. The molecule has 0 amide bonds. The van der Waals surface area contributed by atoms with Gasteiger partial charge in [-0.15, -0.1) is 0 Å². The zero-order valence-corrected chi connectivity index (χ0v) is 12.0. The molecule has 1 aliphatic rings. The number of rotatable bonds is 5. The van der Waals surface area contributed by atoms with Gasteiger partial charge in [0.2, 0.25) is 0 Å². The van der Waals surface area contributed by atoms with Crippen LogP contribution in [-0.2, 0) is 4.74 Å². The van der Waals surface area contributed by atoms with Crippen molar-refractivity contribution in [2.24, 2.45) is 11.8 Å². The van der Waals surface area contributed by atoms with Crippen LogP contribution in [0.5, 0.6) is 0 Å². The number of hydrogen-bond donors (Lipinski definition) is 0. The van der Waals surface area contributed by atoms with Gasteiger partial charge in [-0.2, -0.15) is 0 Å². The molecule has 0 spiro atoms. The summed E-state index contributed by atoms with van der Waals surface area (Å²) >= 11 is 3.65. The maximum atomic E-state index is 5.80. The van der Waals surface area contributed by atoms with Crippen LogP contribution in [-0.4, -0.2) is 17.5 Å². The molecule has 1 unspecified atom stereocenters. The van der Waals surface area contributed by atoms with E-state index in [-0.39, 0.29) is 5.60 Å². The Hall–Kier alpha value is 0.440. The quantitative estimate of drug-likeness (QED) is 0.677. The van der Waals surface area contributed by atoms with Crippen molar-refractivity contribution in [3.05, 3.63) is 0 Å². The Morgan fingerprint density at radius 1 is 1.27 bits per heavy atom. The summed E-state index contributed by atoms with van der Waals surface area (Å²) in [6.07, 6.45) is 6.97. The van der Waals surface area contributed by atoms with Gasteiger partial charge in [-0.1, -0.05) is 41.6 Å². The van der Waals surface area contributed by atoms with Crippen LogP contribution in [0.3, 0.4) is 0 Å². The highest BCUT2D eigenvalue weighted by Gasteiger charge is 2.24. The molecule has 1 rings (SSSR count). The summed E-state index contributed by atoms with van der Waals surface area (Å²) in [6.45, 7) is 7.30. The van der Waals surface area contributed by atoms with Gasteiger partial charge in [0.05, 0.1) is 5.60 Å². The second-order valence-corrected chi connectivity index (χ2v) is 6.36. The van der Waals surface area contributed by atoms with Gasteiger partial charge in [0, 0.05) is 11.9 Å². The van der Waals surface area contributed by atoms with Crippen molar-refractivity contribution in [3.63, 3.8) is 0 Å². The lowest BCUT2D eigenvalue weighted by Gasteiger charge is -2.24. The first-order valence-electron chi connectivity index (χ1n) is 6.23. The van der Waals surface area contributed by atoms with Crippen LogP contribution >= 0.6 is 15.9 Å². The van der Waals surface area contributed by atoms with Gasteiger partial charge in [-0.25, -0.2) is 0 Å². The molecule has 1 fully saturated rings. The van der Waals surface area contributed by atoms with E-state index in [0.717, 1.165) is 23.8 Å². The molecular weight excluding hydrogens is 252 g/mol. The lowest BCUT2D eigenvalue weighted by atomic mass is 9.90. The minimum Gasteiger partial charge on any atom is -0.376 e. The molecule has 0 heterocycles. The van der Waals surface area contributed by atoms with Gasteiger partial charge in [-0.3, -0.25) is 0 Å². The van der Waals surface area contributed by atoms with Crippen LogP contribution in [0, 0.1) is 11.8 Å². The smallest absolute Gasteiger partial charge is 0.0598 e. The third-order valence-electron chi connectivity index (χ3n) is 3.29. The predicted octanol–water partition coefficient (Wildman–Crippen LogP) is 4.39. The summed E-state index contributed by atoms with van der Waals surface area (Å²) in [7, 11) is 0. The van der Waals surface area contributed by atoms with E-state index in [4.69, 9.17) is 4.74 Å². The first kappa shape index (κ1) is 13.5. The zero-order chi connectivity index (χ0) is 11.3. The number of halogens is 1. The molecule has 2 heteroatoms. The summed E-state index contributed by atoms with van der Waals surface area (Å²) < 4.78 is 5.80. The highest BCUT2D eigenvalue weighted by Crippen LogP contribution is 2.34. The highest BCUT2D eigenvalue weighted by molar-refractivity contribution is 9.09. The Morgan fingerprint density at radius 2 is 1.87 bits per heavy atom. The van der Waals surface area contributed by atoms with Crippen LogP contribution in [0.15, 0.2) is 0 Å². The molecule has 15 heavy (non-hydrogen) atoms. The second-order valence-electron chi connectivity index (χ2n) is 5.71. The fourth-order valence-corrected chi connectivity index (χ4v) is 3.24. The predicted molar refractivity (Wildman–Crippen MR) is 69.6 cm³/mol. The van der Waals surface area contributed by atoms with Gasteiger partial charge in [0.15, 0.2) is 0 Å². The van der Waals surface area contributed by atoms with Gasteiger partial charge >= 0.3 is 0 Å². The third kappa shape index (κ3) is 5.35. The van der Waals surface area contributed by atoms with Crippen molar-refractivity contribution >= 4 is 15.9 Å². The normalized spacial score (nSPS) is 20.8. The van der Waals surface area contributed by atoms with E-state index in [1.54, 1.807) is 0 Å². The molecule has 0 aromatic carbocycles. The summed E-state index contributed by atoms with van der Waals surface area (Å²) in [5, 5.41) is 1.14. The fourth-order valence-electron chi connectivity index (χ4n) is 2.38. The Balaban J connectivity index is 2.21. The van der Waals surface area contributed by atoms with E-state index in [1.807, 2.05) is 0 Å². The molecule has 1 nitrogen and oxygen atoms in total. The van der Waals surface area contributed by atoms with Crippen molar-refractivity contribution in [3.8, 4) is 0 Å². The largest absolute Gasteiger partial charge is 0.376 e. The molecule has 1 saturated carbocycles. The number of hydrogen-bond acceptors (Lipinski definition) is 1. The van der Waals surface area contributed by atoms with Gasteiger partial charge < -0.3 is 4.74 Å². The van der Waals surface area contributed by atoms with Crippen molar-refractivity contribution in [1.82, 2.24) is 0 Å². The Labute approximate surface area is 103 Å². The van der Waals surface area contributed by atoms with Crippen molar-refractivity contribution in [2.45, 2.75) is 58.5 Å². The molecule has 0 aliphatic heterocycles. The SMILES string of the molecule is CC(C)(C)OCCC(CBr)C1CCCC1. The van der Waals surface area contributed by atoms with Gasteiger partial charge in [-0.05, 0) is 39.0 Å². The van der Waals surface area contributed by atoms with E-state index < -0.39 is 0 Å². The molecule has 0 aromatic heterocycles. The minimum absolute atomic E-state index is 0.0204. The van der Waals surface area contributed by atoms with Crippen LogP contribution in [0.4, 0.5) is 0 Å². The topological polar surface area (TPSA) is 9.23 Å². The molecule has 0 radical (unpaired) electrons. The van der Waals surface area contributed by atoms with E-state index in [2.05, 4.69) is 36.7 Å². The Bertz CT molecular complexity index is 168. The molecule has 1 aliphatic carbocycles. The first-order chi connectivity index (χ1) is 7.03. The van der Waals surface area contributed by atoms with Crippen molar-refractivity contribution in [1.29, 1.82) is 0 Å². The lowest BCUT2D eigenvalue weighted by molar-refractivity contribution is -0.0108. The summed E-state index contributed by atoms with van der Waals surface area (Å²) in [5.74, 6) is 1.78. The van der Waals surface area contributed by atoms with Gasteiger partial charge in [0.25, 0.3) is 0 Å². The van der Waals surface area contributed by atoms with Crippen LogP contribution in [0.25, 0.3) is 0 Å². The minimum atomic E-state index is 0.0204. The van der Waals surface area contributed by atoms with Crippen molar-refractivity contribution in [2.75, 3.05) is 11.9 Å². The Morgan fingerprint density at radius 3 is 2.33 bits per heavy atom. The average Bonchev–Trinajstić information content (AvgIpc) is 2.63. The van der Waals surface area contributed by atoms with E-state index >= 15 is 0 Å².